The molecule has 0 atom stereocenters. The number of allylic oxidation sites excluding steroid dienone is 4. The lowest BCUT2D eigenvalue weighted by Crippen LogP contribution is -2.18. The van der Waals surface area contributed by atoms with Gasteiger partial charge in [0.05, 0.1) is 0 Å². The van der Waals surface area contributed by atoms with Gasteiger partial charge in [0, 0.05) is 45.6 Å². The largest absolute Gasteiger partial charge is 0.456 e. The summed E-state index contributed by atoms with van der Waals surface area (Å²) in [5.41, 5.74) is 12.6. The van der Waals surface area contributed by atoms with Gasteiger partial charge in [0.15, 0.2) is 0 Å². The molecule has 1 aromatic heterocycles. The lowest BCUT2D eigenvalue weighted by atomic mass is 9.99. The van der Waals surface area contributed by atoms with Crippen LogP contribution in [0.5, 0.6) is 0 Å². The molecule has 0 saturated carbocycles. The van der Waals surface area contributed by atoms with Crippen LogP contribution in [0.2, 0.25) is 0 Å². The molecule has 4 aromatic carbocycles. The van der Waals surface area contributed by atoms with Crippen molar-refractivity contribution < 1.29 is 4.42 Å². The van der Waals surface area contributed by atoms with E-state index in [1.165, 1.54) is 33.6 Å². The molecule has 2 aliphatic rings. The summed E-state index contributed by atoms with van der Waals surface area (Å²) in [6.45, 7) is 6.95. The maximum atomic E-state index is 6.13. The first-order chi connectivity index (χ1) is 18.7. The fourth-order valence-electron chi connectivity index (χ4n) is 5.71. The third-order valence-corrected chi connectivity index (χ3v) is 7.56. The summed E-state index contributed by atoms with van der Waals surface area (Å²) in [5, 5.41) is 5.95. The van der Waals surface area contributed by atoms with Gasteiger partial charge in [-0.1, -0.05) is 67.3 Å². The first kappa shape index (κ1) is 22.4. The summed E-state index contributed by atoms with van der Waals surface area (Å²) in [5.74, 6) is 0. The van der Waals surface area contributed by atoms with Crippen molar-refractivity contribution in [1.29, 1.82) is 0 Å². The van der Waals surface area contributed by atoms with E-state index in [0.717, 1.165) is 51.8 Å². The van der Waals surface area contributed by atoms with Gasteiger partial charge < -0.3 is 14.6 Å². The Morgan fingerprint density at radius 1 is 0.868 bits per heavy atom. The topological polar surface area (TPSA) is 28.4 Å². The zero-order chi connectivity index (χ0) is 25.6. The first-order valence-corrected chi connectivity index (χ1v) is 13.1. The van der Waals surface area contributed by atoms with E-state index in [1.54, 1.807) is 0 Å². The summed E-state index contributed by atoms with van der Waals surface area (Å²) in [6.07, 6.45) is 13.6. The SMILES string of the molecule is C=C/C=C(\C=C/C)N1CCc2ccc(-c3ccc4c(c3)C=Cc3cc5oc6ccccc6c5cc3N4)cc21. The average Bonchev–Trinajstić information content (AvgIpc) is 3.47. The van der Waals surface area contributed by atoms with Crippen molar-refractivity contribution in [2.45, 2.75) is 13.3 Å². The van der Waals surface area contributed by atoms with E-state index >= 15 is 0 Å². The number of furan rings is 1. The zero-order valence-electron chi connectivity index (χ0n) is 21.4. The third kappa shape index (κ3) is 3.67. The molecular weight excluding hydrogens is 464 g/mol. The smallest absolute Gasteiger partial charge is 0.136 e. The second-order valence-electron chi connectivity index (χ2n) is 9.87. The number of nitrogens with one attached hydrogen (secondary N) is 1. The van der Waals surface area contributed by atoms with Crippen LogP contribution >= 0.6 is 0 Å². The summed E-state index contributed by atoms with van der Waals surface area (Å²) in [4.78, 5) is 2.39. The molecule has 0 unspecified atom stereocenters. The zero-order valence-corrected chi connectivity index (χ0v) is 21.4. The highest BCUT2D eigenvalue weighted by Crippen LogP contribution is 2.40. The van der Waals surface area contributed by atoms with Crippen molar-refractivity contribution in [2.24, 2.45) is 0 Å². The number of nitrogens with zero attached hydrogens (tertiary/aromatic N) is 1. The van der Waals surface area contributed by atoms with Gasteiger partial charge in [-0.25, -0.2) is 0 Å². The lowest BCUT2D eigenvalue weighted by Gasteiger charge is -2.21. The van der Waals surface area contributed by atoms with Crippen molar-refractivity contribution >= 4 is 51.2 Å². The minimum Gasteiger partial charge on any atom is -0.456 e. The van der Waals surface area contributed by atoms with Crippen LogP contribution in [-0.2, 0) is 6.42 Å². The van der Waals surface area contributed by atoms with Crippen LogP contribution in [0.25, 0.3) is 45.2 Å². The number of para-hydroxylation sites is 1. The summed E-state index contributed by atoms with van der Waals surface area (Å²) in [7, 11) is 0. The highest BCUT2D eigenvalue weighted by Gasteiger charge is 2.22. The minimum absolute atomic E-state index is 0.911. The molecule has 3 heterocycles. The Kier molecular flexibility index (Phi) is 5.29. The second-order valence-corrected chi connectivity index (χ2v) is 9.87. The molecule has 2 aliphatic heterocycles. The molecule has 184 valence electrons. The monoisotopic (exact) mass is 492 g/mol. The Morgan fingerprint density at radius 3 is 2.55 bits per heavy atom. The Morgan fingerprint density at radius 2 is 1.68 bits per heavy atom. The number of fused-ring (bicyclic) bond motifs is 6. The average molecular weight is 493 g/mol. The van der Waals surface area contributed by atoms with Gasteiger partial charge in [0.1, 0.15) is 11.2 Å². The van der Waals surface area contributed by atoms with Gasteiger partial charge in [0.25, 0.3) is 0 Å². The van der Waals surface area contributed by atoms with Gasteiger partial charge in [-0.3, -0.25) is 0 Å². The fourth-order valence-corrected chi connectivity index (χ4v) is 5.71. The van der Waals surface area contributed by atoms with Crippen molar-refractivity contribution in [3.63, 3.8) is 0 Å². The van der Waals surface area contributed by atoms with Crippen molar-refractivity contribution in [3.8, 4) is 11.1 Å². The number of anilines is 3. The van der Waals surface area contributed by atoms with E-state index in [-0.39, 0.29) is 0 Å². The predicted molar refractivity (Wildman–Crippen MR) is 162 cm³/mol. The lowest BCUT2D eigenvalue weighted by molar-refractivity contribution is 0.669. The molecule has 0 bridgehead atoms. The van der Waals surface area contributed by atoms with E-state index < -0.39 is 0 Å². The van der Waals surface area contributed by atoms with Crippen molar-refractivity contribution in [3.05, 3.63) is 126 Å². The molecular formula is C35H28N2O. The second kappa shape index (κ2) is 8.97. The van der Waals surface area contributed by atoms with Gasteiger partial charge in [-0.05, 0) is 84.1 Å². The molecule has 1 N–H and O–H groups in total. The number of hydrogen-bond donors (Lipinski definition) is 1. The quantitative estimate of drug-likeness (QED) is 0.248. The van der Waals surface area contributed by atoms with Crippen LogP contribution in [0.15, 0.2) is 114 Å². The molecule has 0 radical (unpaired) electrons. The van der Waals surface area contributed by atoms with E-state index in [2.05, 4.69) is 115 Å². The Balaban J connectivity index is 1.26. The molecule has 0 amide bonds. The number of hydrogen-bond acceptors (Lipinski definition) is 3. The van der Waals surface area contributed by atoms with E-state index in [4.69, 9.17) is 4.42 Å². The van der Waals surface area contributed by atoms with Crippen LogP contribution in [0.1, 0.15) is 23.6 Å². The summed E-state index contributed by atoms with van der Waals surface area (Å²) in [6, 6.07) is 26.1. The minimum atomic E-state index is 0.911. The molecule has 5 aromatic rings. The normalized spacial score (nSPS) is 14.4. The molecule has 3 nitrogen and oxygen atoms in total. The predicted octanol–water partition coefficient (Wildman–Crippen LogP) is 9.49. The van der Waals surface area contributed by atoms with E-state index in [1.807, 2.05) is 18.2 Å². The molecule has 0 saturated heterocycles. The Hall–Kier alpha value is -4.76. The van der Waals surface area contributed by atoms with Crippen LogP contribution in [0.4, 0.5) is 17.1 Å². The molecule has 7 rings (SSSR count). The van der Waals surface area contributed by atoms with Crippen LogP contribution < -0.4 is 10.2 Å². The molecule has 3 heteroatoms. The first-order valence-electron chi connectivity index (χ1n) is 13.1. The summed E-state index contributed by atoms with van der Waals surface area (Å²) < 4.78 is 6.13. The van der Waals surface area contributed by atoms with Gasteiger partial charge in [-0.15, -0.1) is 0 Å². The van der Waals surface area contributed by atoms with Gasteiger partial charge in [-0.2, -0.15) is 0 Å². The van der Waals surface area contributed by atoms with Crippen molar-refractivity contribution in [1.82, 2.24) is 0 Å². The molecule has 0 fully saturated rings. The van der Waals surface area contributed by atoms with Crippen molar-refractivity contribution in [2.75, 3.05) is 16.8 Å². The third-order valence-electron chi connectivity index (χ3n) is 7.56. The van der Waals surface area contributed by atoms with E-state index in [0.29, 0.717) is 0 Å². The van der Waals surface area contributed by atoms with Crippen LogP contribution in [0.3, 0.4) is 0 Å². The van der Waals surface area contributed by atoms with Crippen LogP contribution in [-0.4, -0.2) is 6.54 Å². The highest BCUT2D eigenvalue weighted by atomic mass is 16.3. The molecule has 0 spiro atoms. The molecule has 38 heavy (non-hydrogen) atoms. The maximum absolute atomic E-state index is 6.13. The Labute approximate surface area is 222 Å². The number of rotatable bonds is 4. The fraction of sp³-hybridized carbons (Fsp3) is 0.0857. The number of benzene rings is 4. The van der Waals surface area contributed by atoms with Gasteiger partial charge in [0.2, 0.25) is 0 Å². The van der Waals surface area contributed by atoms with Crippen LogP contribution in [0, 0.1) is 0 Å². The standard InChI is InChI=1S/C35H28N2O/c1-3-7-28(8-4-2)37-18-17-23-11-12-25(20-33(23)37)24-15-16-31-26(19-24)13-14-27-21-35-30(22-32(27)36-31)29-9-5-6-10-34(29)38-35/h3-16,19-22,36H,1,17-18H2,2H3/b8-4-,28-7+. The summed E-state index contributed by atoms with van der Waals surface area (Å²) >= 11 is 0. The maximum Gasteiger partial charge on any atom is 0.136 e. The van der Waals surface area contributed by atoms with E-state index in [9.17, 15) is 0 Å². The molecule has 0 aliphatic carbocycles. The highest BCUT2D eigenvalue weighted by molar-refractivity contribution is 6.08. The van der Waals surface area contributed by atoms with Gasteiger partial charge >= 0.3 is 0 Å². The Bertz CT molecular complexity index is 1830.